The topological polar surface area (TPSA) is 122 Å². The number of nitro benzene ring substituents is 1. The second-order valence-electron chi connectivity index (χ2n) is 7.69. The molecule has 0 radical (unpaired) electrons. The number of piperazine rings is 1. The number of nitrogens with zero attached hydrogens (tertiary/aromatic N) is 3. The number of nitro groups is 1. The number of carbonyl (C=O) groups is 3. The summed E-state index contributed by atoms with van der Waals surface area (Å²) >= 11 is 7.53. The summed E-state index contributed by atoms with van der Waals surface area (Å²) in [5, 5.41) is 14.7. The van der Waals surface area contributed by atoms with E-state index in [1.54, 1.807) is 47.1 Å². The van der Waals surface area contributed by atoms with Crippen LogP contribution in [0.3, 0.4) is 0 Å². The number of rotatable bonds is 5. The molecule has 1 aromatic heterocycles. The van der Waals surface area contributed by atoms with Crippen LogP contribution in [0.2, 0.25) is 5.02 Å². The number of non-ortho nitro benzene ring substituents is 1. The minimum atomic E-state index is -0.492. The van der Waals surface area contributed by atoms with Crippen LogP contribution in [0.1, 0.15) is 27.0 Å². The normalized spacial score (nSPS) is 13.5. The molecule has 0 bridgehead atoms. The fourth-order valence-electron chi connectivity index (χ4n) is 3.67. The molecule has 12 heteroatoms. The third-order valence-corrected chi connectivity index (χ3v) is 7.16. The average molecular weight is 517 g/mol. The molecular formula is C23H21ClN4O6S. The van der Waals surface area contributed by atoms with E-state index in [2.05, 4.69) is 5.32 Å². The zero-order chi connectivity index (χ0) is 25.1. The lowest BCUT2D eigenvalue weighted by molar-refractivity contribution is -0.384. The van der Waals surface area contributed by atoms with Gasteiger partial charge in [-0.05, 0) is 37.3 Å². The summed E-state index contributed by atoms with van der Waals surface area (Å²) in [6.07, 6.45) is 0. The Morgan fingerprint density at radius 3 is 2.37 bits per heavy atom. The number of nitrogens with one attached hydrogen (secondary N) is 1. The van der Waals surface area contributed by atoms with Gasteiger partial charge in [-0.1, -0.05) is 11.6 Å². The van der Waals surface area contributed by atoms with Gasteiger partial charge in [0.15, 0.2) is 0 Å². The molecule has 1 saturated heterocycles. The number of fused-ring (bicyclic) bond motifs is 1. The van der Waals surface area contributed by atoms with Gasteiger partial charge >= 0.3 is 12.0 Å². The highest BCUT2D eigenvalue weighted by Gasteiger charge is 2.28. The van der Waals surface area contributed by atoms with E-state index in [-0.39, 0.29) is 29.3 Å². The van der Waals surface area contributed by atoms with Crippen molar-refractivity contribution in [3.8, 4) is 0 Å². The third kappa shape index (κ3) is 5.20. The van der Waals surface area contributed by atoms with Crippen molar-refractivity contribution in [1.29, 1.82) is 0 Å². The van der Waals surface area contributed by atoms with Crippen LogP contribution in [0.4, 0.5) is 16.2 Å². The highest BCUT2D eigenvalue weighted by molar-refractivity contribution is 7.21. The van der Waals surface area contributed by atoms with Crippen LogP contribution in [-0.4, -0.2) is 65.4 Å². The van der Waals surface area contributed by atoms with E-state index >= 15 is 0 Å². The van der Waals surface area contributed by atoms with Gasteiger partial charge in [0.1, 0.15) is 4.88 Å². The van der Waals surface area contributed by atoms with Crippen molar-refractivity contribution in [1.82, 2.24) is 9.80 Å². The Balaban J connectivity index is 1.36. The minimum Gasteiger partial charge on any atom is -0.462 e. The molecule has 35 heavy (non-hydrogen) atoms. The molecule has 1 aliphatic rings. The second kappa shape index (κ2) is 10.3. The lowest BCUT2D eigenvalue weighted by Gasteiger charge is -2.34. The lowest BCUT2D eigenvalue weighted by Crippen LogP contribution is -2.51. The van der Waals surface area contributed by atoms with Crippen LogP contribution in [0, 0.1) is 10.1 Å². The van der Waals surface area contributed by atoms with Crippen LogP contribution in [0.15, 0.2) is 42.5 Å². The Bertz CT molecular complexity index is 1300. The van der Waals surface area contributed by atoms with Crippen molar-refractivity contribution in [2.45, 2.75) is 6.92 Å². The number of halogens is 1. The molecule has 1 aliphatic heterocycles. The van der Waals surface area contributed by atoms with Crippen LogP contribution in [0.25, 0.3) is 10.1 Å². The number of hydrogen-bond donors (Lipinski definition) is 1. The Labute approximate surface area is 209 Å². The van der Waals surface area contributed by atoms with E-state index in [9.17, 15) is 24.5 Å². The van der Waals surface area contributed by atoms with E-state index in [1.807, 2.05) is 0 Å². The average Bonchev–Trinajstić information content (AvgIpc) is 3.20. The van der Waals surface area contributed by atoms with Crippen molar-refractivity contribution in [3.63, 3.8) is 0 Å². The molecule has 0 saturated carbocycles. The van der Waals surface area contributed by atoms with Crippen LogP contribution >= 0.6 is 22.9 Å². The van der Waals surface area contributed by atoms with Crippen molar-refractivity contribution >= 4 is 62.3 Å². The van der Waals surface area contributed by atoms with Gasteiger partial charge in [0.05, 0.1) is 22.1 Å². The van der Waals surface area contributed by atoms with Gasteiger partial charge in [0.2, 0.25) is 0 Å². The lowest BCUT2D eigenvalue weighted by atomic mass is 10.2. The predicted octanol–water partition coefficient (Wildman–Crippen LogP) is 4.63. The largest absolute Gasteiger partial charge is 0.462 e. The first kappa shape index (κ1) is 24.4. The maximum Gasteiger partial charge on any atom is 0.338 e. The SMILES string of the molecule is CCOC(=O)c1ccc(NC(=O)N2CCN(C(=O)c3sc4cc([N+](=O)[O-])ccc4c3Cl)CC2)cc1. The first-order chi connectivity index (χ1) is 16.8. The number of benzene rings is 2. The Morgan fingerprint density at radius 1 is 1.09 bits per heavy atom. The Hall–Kier alpha value is -3.70. The van der Waals surface area contributed by atoms with Crippen LogP contribution in [-0.2, 0) is 4.74 Å². The standard InChI is InChI=1S/C23H21ClN4O6S/c1-2-34-22(30)14-3-5-15(6-4-14)25-23(31)27-11-9-26(10-12-27)21(29)20-19(24)17-8-7-16(28(32)33)13-18(17)35-20/h3-8,13H,2,9-12H2,1H3,(H,25,31). The van der Waals surface area contributed by atoms with Crippen LogP contribution in [0.5, 0.6) is 0 Å². The molecule has 1 N–H and O–H groups in total. The molecule has 2 heterocycles. The predicted molar refractivity (Wildman–Crippen MR) is 132 cm³/mol. The number of ether oxygens (including phenoxy) is 1. The molecule has 0 aliphatic carbocycles. The molecule has 0 atom stereocenters. The zero-order valence-electron chi connectivity index (χ0n) is 18.7. The maximum atomic E-state index is 13.1. The number of hydrogen-bond acceptors (Lipinski definition) is 7. The summed E-state index contributed by atoms with van der Waals surface area (Å²) < 4.78 is 5.51. The Morgan fingerprint density at radius 2 is 1.74 bits per heavy atom. The van der Waals surface area contributed by atoms with Gasteiger partial charge < -0.3 is 19.9 Å². The molecule has 3 amide bonds. The van der Waals surface area contributed by atoms with Gasteiger partial charge in [-0.15, -0.1) is 11.3 Å². The molecular weight excluding hydrogens is 496 g/mol. The quantitative estimate of drug-likeness (QED) is 0.300. The molecule has 10 nitrogen and oxygen atoms in total. The summed E-state index contributed by atoms with van der Waals surface area (Å²) in [5.41, 5.74) is 0.865. The molecule has 1 fully saturated rings. The first-order valence-corrected chi connectivity index (χ1v) is 12.0. The molecule has 0 unspecified atom stereocenters. The number of thiophene rings is 1. The summed E-state index contributed by atoms with van der Waals surface area (Å²) in [5.74, 6) is -0.698. The van der Waals surface area contributed by atoms with Crippen molar-refractivity contribution in [2.24, 2.45) is 0 Å². The summed E-state index contributed by atoms with van der Waals surface area (Å²) in [7, 11) is 0. The monoisotopic (exact) mass is 516 g/mol. The number of carbonyl (C=O) groups excluding carboxylic acids is 3. The molecule has 0 spiro atoms. The van der Waals surface area contributed by atoms with E-state index < -0.39 is 10.9 Å². The van der Waals surface area contributed by atoms with Gasteiger partial charge in [-0.3, -0.25) is 14.9 Å². The number of amides is 3. The number of urea groups is 1. The highest BCUT2D eigenvalue weighted by Crippen LogP contribution is 2.38. The molecule has 4 rings (SSSR count). The van der Waals surface area contributed by atoms with E-state index in [1.165, 1.54) is 12.1 Å². The maximum absolute atomic E-state index is 13.1. The van der Waals surface area contributed by atoms with Gasteiger partial charge in [0.25, 0.3) is 11.6 Å². The van der Waals surface area contributed by atoms with Gasteiger partial charge in [-0.2, -0.15) is 0 Å². The molecule has 182 valence electrons. The summed E-state index contributed by atoms with van der Waals surface area (Å²) in [6, 6.07) is 10.4. The van der Waals surface area contributed by atoms with E-state index in [0.29, 0.717) is 52.4 Å². The van der Waals surface area contributed by atoms with Gasteiger partial charge in [0, 0.05) is 54.1 Å². The minimum absolute atomic E-state index is 0.0652. The number of esters is 1. The van der Waals surface area contributed by atoms with E-state index in [0.717, 1.165) is 11.3 Å². The Kier molecular flexibility index (Phi) is 7.17. The summed E-state index contributed by atoms with van der Waals surface area (Å²) in [4.78, 5) is 51.5. The third-order valence-electron chi connectivity index (χ3n) is 5.52. The molecule has 2 aromatic carbocycles. The van der Waals surface area contributed by atoms with Gasteiger partial charge in [-0.25, -0.2) is 9.59 Å². The second-order valence-corrected chi connectivity index (χ2v) is 9.12. The fourth-order valence-corrected chi connectivity index (χ4v) is 5.18. The molecule has 3 aromatic rings. The number of anilines is 1. The summed E-state index contributed by atoms with van der Waals surface area (Å²) in [6.45, 7) is 3.30. The van der Waals surface area contributed by atoms with Crippen molar-refractivity contribution < 1.29 is 24.0 Å². The first-order valence-electron chi connectivity index (χ1n) is 10.8. The fraction of sp³-hybridized carbons (Fsp3) is 0.261. The zero-order valence-corrected chi connectivity index (χ0v) is 20.2. The van der Waals surface area contributed by atoms with Crippen LogP contribution < -0.4 is 5.32 Å². The van der Waals surface area contributed by atoms with Crippen molar-refractivity contribution in [2.75, 3.05) is 38.1 Å². The van der Waals surface area contributed by atoms with E-state index in [4.69, 9.17) is 16.3 Å². The smallest absolute Gasteiger partial charge is 0.338 e. The van der Waals surface area contributed by atoms with Crippen molar-refractivity contribution in [3.05, 3.63) is 68.0 Å². The highest BCUT2D eigenvalue weighted by atomic mass is 35.5.